The molecule has 0 aliphatic rings. The maximum atomic E-state index is 15.1. The van der Waals surface area contributed by atoms with Gasteiger partial charge in [0.1, 0.15) is 5.75 Å². The Morgan fingerprint density at radius 2 is 1.71 bits per heavy atom. The standard InChI is InChI=1S/C20H20FNO2/c1-12(2)18-17(23-3)10-15(19(21)20(18)24-4)16-9-13-7-5-6-8-14(13)11-22-16/h5-12H,1-4H3. The average molecular weight is 325 g/mol. The summed E-state index contributed by atoms with van der Waals surface area (Å²) in [5.74, 6) is 0.482. The molecule has 3 nitrogen and oxygen atoms in total. The van der Waals surface area contributed by atoms with E-state index < -0.39 is 5.82 Å². The van der Waals surface area contributed by atoms with E-state index in [2.05, 4.69) is 4.98 Å². The molecule has 0 unspecified atom stereocenters. The van der Waals surface area contributed by atoms with E-state index in [1.165, 1.54) is 7.11 Å². The van der Waals surface area contributed by atoms with E-state index >= 15 is 4.39 Å². The zero-order valence-corrected chi connectivity index (χ0v) is 14.3. The summed E-state index contributed by atoms with van der Waals surface area (Å²) < 4.78 is 25.9. The van der Waals surface area contributed by atoms with Crippen molar-refractivity contribution in [2.24, 2.45) is 0 Å². The summed E-state index contributed by atoms with van der Waals surface area (Å²) >= 11 is 0. The molecular formula is C20H20FNO2. The third kappa shape index (κ3) is 2.68. The zero-order valence-electron chi connectivity index (χ0n) is 14.3. The zero-order chi connectivity index (χ0) is 17.3. The predicted octanol–water partition coefficient (Wildman–Crippen LogP) is 5.18. The first-order valence-corrected chi connectivity index (χ1v) is 7.86. The molecule has 3 aromatic rings. The van der Waals surface area contributed by atoms with Gasteiger partial charge in [0.25, 0.3) is 0 Å². The minimum absolute atomic E-state index is 0.0722. The van der Waals surface area contributed by atoms with Crippen LogP contribution in [0.3, 0.4) is 0 Å². The fourth-order valence-electron chi connectivity index (χ4n) is 2.96. The summed E-state index contributed by atoms with van der Waals surface area (Å²) in [4.78, 5) is 4.41. The van der Waals surface area contributed by atoms with Crippen LogP contribution < -0.4 is 9.47 Å². The van der Waals surface area contributed by atoms with Crippen molar-refractivity contribution in [3.05, 3.63) is 54.0 Å². The van der Waals surface area contributed by atoms with Gasteiger partial charge in [0.05, 0.1) is 19.9 Å². The van der Waals surface area contributed by atoms with Crippen LogP contribution in [0.15, 0.2) is 42.6 Å². The highest BCUT2D eigenvalue weighted by atomic mass is 19.1. The first kappa shape index (κ1) is 16.2. The Labute approximate surface area is 141 Å². The predicted molar refractivity (Wildman–Crippen MR) is 94.3 cm³/mol. The molecule has 0 bridgehead atoms. The molecule has 124 valence electrons. The maximum absolute atomic E-state index is 15.1. The second-order valence-electron chi connectivity index (χ2n) is 5.96. The molecule has 0 fully saturated rings. The lowest BCUT2D eigenvalue weighted by atomic mass is 9.96. The number of methoxy groups -OCH3 is 2. The normalized spacial score (nSPS) is 11.1. The van der Waals surface area contributed by atoms with E-state index in [0.29, 0.717) is 17.0 Å². The molecule has 0 amide bonds. The van der Waals surface area contributed by atoms with Gasteiger partial charge in [-0.3, -0.25) is 4.98 Å². The molecular weight excluding hydrogens is 305 g/mol. The largest absolute Gasteiger partial charge is 0.496 e. The van der Waals surface area contributed by atoms with Crippen LogP contribution in [-0.4, -0.2) is 19.2 Å². The number of nitrogens with zero attached hydrogens (tertiary/aromatic N) is 1. The summed E-state index contributed by atoms with van der Waals surface area (Å²) in [6.07, 6.45) is 1.75. The van der Waals surface area contributed by atoms with E-state index in [-0.39, 0.29) is 11.7 Å². The molecule has 0 atom stereocenters. The Morgan fingerprint density at radius 3 is 2.33 bits per heavy atom. The van der Waals surface area contributed by atoms with Crippen LogP contribution in [0.25, 0.3) is 22.0 Å². The van der Waals surface area contributed by atoms with Crippen molar-refractivity contribution < 1.29 is 13.9 Å². The van der Waals surface area contributed by atoms with Gasteiger partial charge in [0, 0.05) is 22.7 Å². The number of hydrogen-bond acceptors (Lipinski definition) is 3. The smallest absolute Gasteiger partial charge is 0.174 e. The first-order chi connectivity index (χ1) is 11.6. The molecule has 4 heteroatoms. The van der Waals surface area contributed by atoms with Crippen LogP contribution in [0.5, 0.6) is 11.5 Å². The van der Waals surface area contributed by atoms with Gasteiger partial charge in [-0.1, -0.05) is 38.1 Å². The summed E-state index contributed by atoms with van der Waals surface area (Å²) in [6, 6.07) is 11.4. The van der Waals surface area contributed by atoms with E-state index in [0.717, 1.165) is 16.3 Å². The molecule has 0 aliphatic carbocycles. The molecule has 1 heterocycles. The molecule has 0 spiro atoms. The van der Waals surface area contributed by atoms with E-state index in [9.17, 15) is 0 Å². The summed E-state index contributed by atoms with van der Waals surface area (Å²) in [7, 11) is 3.05. The SMILES string of the molecule is COc1cc(-c2cc3ccccc3cn2)c(F)c(OC)c1C(C)C. The lowest BCUT2D eigenvalue weighted by molar-refractivity contribution is 0.363. The van der Waals surface area contributed by atoms with Gasteiger partial charge < -0.3 is 9.47 Å². The molecule has 0 N–H and O–H groups in total. The maximum Gasteiger partial charge on any atom is 0.174 e. The van der Waals surface area contributed by atoms with Crippen LogP contribution in [0.4, 0.5) is 4.39 Å². The molecule has 0 saturated carbocycles. The molecule has 2 aromatic carbocycles. The van der Waals surface area contributed by atoms with Gasteiger partial charge in [0.15, 0.2) is 11.6 Å². The fraction of sp³-hybridized carbons (Fsp3) is 0.250. The van der Waals surface area contributed by atoms with Gasteiger partial charge in [-0.25, -0.2) is 4.39 Å². The Kier molecular flexibility index (Phi) is 4.38. The first-order valence-electron chi connectivity index (χ1n) is 7.86. The van der Waals surface area contributed by atoms with Gasteiger partial charge >= 0.3 is 0 Å². The highest BCUT2D eigenvalue weighted by molar-refractivity contribution is 5.85. The number of aromatic nitrogens is 1. The summed E-state index contributed by atoms with van der Waals surface area (Å²) in [5.41, 5.74) is 1.65. The number of rotatable bonds is 4. The minimum Gasteiger partial charge on any atom is -0.496 e. The van der Waals surface area contributed by atoms with Crippen molar-refractivity contribution in [3.8, 4) is 22.8 Å². The lowest BCUT2D eigenvalue weighted by Gasteiger charge is -2.19. The molecule has 0 aliphatic heterocycles. The van der Waals surface area contributed by atoms with Crippen molar-refractivity contribution >= 4 is 10.8 Å². The van der Waals surface area contributed by atoms with Gasteiger partial charge in [-0.2, -0.15) is 0 Å². The number of ether oxygens (including phenoxy) is 2. The number of pyridine rings is 1. The Morgan fingerprint density at radius 1 is 1.00 bits per heavy atom. The van der Waals surface area contributed by atoms with E-state index in [1.54, 1.807) is 19.4 Å². The monoisotopic (exact) mass is 325 g/mol. The second-order valence-corrected chi connectivity index (χ2v) is 5.96. The third-order valence-electron chi connectivity index (χ3n) is 4.13. The van der Waals surface area contributed by atoms with Gasteiger partial charge in [-0.15, -0.1) is 0 Å². The van der Waals surface area contributed by atoms with Crippen LogP contribution in [-0.2, 0) is 0 Å². The number of fused-ring (bicyclic) bond motifs is 1. The number of benzene rings is 2. The summed E-state index contributed by atoms with van der Waals surface area (Å²) in [5, 5.41) is 2.02. The number of hydrogen-bond donors (Lipinski definition) is 0. The van der Waals surface area contributed by atoms with E-state index in [1.807, 2.05) is 44.2 Å². The van der Waals surface area contributed by atoms with Crippen molar-refractivity contribution in [1.82, 2.24) is 4.98 Å². The fourth-order valence-corrected chi connectivity index (χ4v) is 2.96. The number of halogens is 1. The van der Waals surface area contributed by atoms with E-state index in [4.69, 9.17) is 9.47 Å². The quantitative estimate of drug-likeness (QED) is 0.662. The second kappa shape index (κ2) is 6.48. The van der Waals surface area contributed by atoms with Crippen molar-refractivity contribution in [1.29, 1.82) is 0 Å². The third-order valence-corrected chi connectivity index (χ3v) is 4.13. The Bertz CT molecular complexity index is 890. The van der Waals surface area contributed by atoms with Crippen LogP contribution >= 0.6 is 0 Å². The Balaban J connectivity index is 2.26. The van der Waals surface area contributed by atoms with Gasteiger partial charge in [-0.05, 0) is 23.4 Å². The molecule has 3 rings (SSSR count). The van der Waals surface area contributed by atoms with Crippen LogP contribution in [0, 0.1) is 5.82 Å². The van der Waals surface area contributed by atoms with Crippen molar-refractivity contribution in [2.45, 2.75) is 19.8 Å². The summed E-state index contributed by atoms with van der Waals surface area (Å²) in [6.45, 7) is 3.96. The minimum atomic E-state index is -0.412. The van der Waals surface area contributed by atoms with Crippen molar-refractivity contribution in [2.75, 3.05) is 14.2 Å². The van der Waals surface area contributed by atoms with Crippen LogP contribution in [0.2, 0.25) is 0 Å². The Hall–Kier alpha value is -2.62. The van der Waals surface area contributed by atoms with Crippen LogP contribution in [0.1, 0.15) is 25.3 Å². The highest BCUT2D eigenvalue weighted by Crippen LogP contribution is 2.42. The average Bonchev–Trinajstić information content (AvgIpc) is 2.60. The lowest BCUT2D eigenvalue weighted by Crippen LogP contribution is -2.03. The molecule has 24 heavy (non-hydrogen) atoms. The molecule has 0 saturated heterocycles. The highest BCUT2D eigenvalue weighted by Gasteiger charge is 2.23. The topological polar surface area (TPSA) is 31.4 Å². The molecule has 1 aromatic heterocycles. The molecule has 0 radical (unpaired) electrons. The van der Waals surface area contributed by atoms with Gasteiger partial charge in [0.2, 0.25) is 0 Å². The van der Waals surface area contributed by atoms with Crippen molar-refractivity contribution in [3.63, 3.8) is 0 Å².